The van der Waals surface area contributed by atoms with Crippen LogP contribution in [-0.2, 0) is 9.59 Å². The lowest BCUT2D eigenvalue weighted by molar-refractivity contribution is -0.131. The number of hydrogen-bond acceptors (Lipinski definition) is 6. The van der Waals surface area contributed by atoms with Gasteiger partial charge in [0.25, 0.3) is 0 Å². The highest BCUT2D eigenvalue weighted by Crippen LogP contribution is 2.33. The van der Waals surface area contributed by atoms with Gasteiger partial charge in [-0.15, -0.1) is 23.2 Å². The number of aryl methyl sites for hydroxylation is 1. The summed E-state index contributed by atoms with van der Waals surface area (Å²) in [6.45, 7) is 12.1. The van der Waals surface area contributed by atoms with Crippen molar-refractivity contribution in [3.63, 3.8) is 0 Å². The SMILES string of the molecule is Cc1cc(OC(NC(=O)C(C)(C)C)C(Cl)(Cl)Cl)nc(SC(NC(=O)C(C)(C)C)C(Cl)Cl)n1. The van der Waals surface area contributed by atoms with Gasteiger partial charge in [0.1, 0.15) is 10.2 Å². The van der Waals surface area contributed by atoms with Crippen molar-refractivity contribution in [1.29, 1.82) is 0 Å². The standard InChI is InChI=1S/C19H27Cl5N4O3S/c1-9-8-10(31-15(19(22,23)24)28-14(30)18(5,6)7)26-16(25-9)32-12(11(20)21)27-13(29)17(2,3)4/h8,11-12,15H,1-7H3,(H,27,29)(H,28,30). The second-order valence-corrected chi connectivity index (χ2v) is 13.6. The van der Waals surface area contributed by atoms with Crippen LogP contribution in [0.5, 0.6) is 5.88 Å². The summed E-state index contributed by atoms with van der Waals surface area (Å²) in [5, 5.41) is 4.82. The number of ether oxygens (including phenoxy) is 1. The van der Waals surface area contributed by atoms with Crippen LogP contribution in [0.3, 0.4) is 0 Å². The summed E-state index contributed by atoms with van der Waals surface area (Å²) in [4.78, 5) is 32.4. The molecule has 32 heavy (non-hydrogen) atoms. The number of rotatable bonds is 7. The molecule has 0 aliphatic carbocycles. The minimum absolute atomic E-state index is 0.0483. The number of hydrogen-bond donors (Lipinski definition) is 2. The highest BCUT2D eigenvalue weighted by Gasteiger charge is 2.39. The molecule has 7 nitrogen and oxygen atoms in total. The molecule has 2 atom stereocenters. The zero-order valence-electron chi connectivity index (χ0n) is 18.7. The van der Waals surface area contributed by atoms with Crippen molar-refractivity contribution in [2.45, 2.75) is 73.9 Å². The first kappa shape index (κ1) is 29.7. The molecule has 0 fully saturated rings. The second kappa shape index (κ2) is 11.4. The number of thioether (sulfide) groups is 1. The minimum Gasteiger partial charge on any atom is -0.449 e. The Hall–Kier alpha value is -0.380. The topological polar surface area (TPSA) is 93.2 Å². The number of aromatic nitrogens is 2. The smallest absolute Gasteiger partial charge is 0.246 e. The summed E-state index contributed by atoms with van der Waals surface area (Å²) in [5.41, 5.74) is -0.857. The normalized spacial score (nSPS) is 14.7. The van der Waals surface area contributed by atoms with Crippen molar-refractivity contribution < 1.29 is 14.3 Å². The molecule has 182 valence electrons. The quantitative estimate of drug-likeness (QED) is 0.198. The molecule has 1 rings (SSSR count). The molecule has 2 unspecified atom stereocenters. The van der Waals surface area contributed by atoms with Crippen molar-refractivity contribution in [3.05, 3.63) is 11.8 Å². The molecule has 0 aromatic carbocycles. The number of alkyl halides is 5. The number of carbonyl (C=O) groups excluding carboxylic acids is 2. The summed E-state index contributed by atoms with van der Waals surface area (Å²) in [6.07, 6.45) is -1.32. The Morgan fingerprint density at radius 2 is 1.47 bits per heavy atom. The lowest BCUT2D eigenvalue weighted by Crippen LogP contribution is -2.51. The number of carbonyl (C=O) groups is 2. The largest absolute Gasteiger partial charge is 0.449 e. The predicted molar refractivity (Wildman–Crippen MR) is 132 cm³/mol. The molecule has 0 saturated carbocycles. The van der Waals surface area contributed by atoms with Crippen LogP contribution >= 0.6 is 69.8 Å². The van der Waals surface area contributed by atoms with E-state index in [0.717, 1.165) is 11.8 Å². The van der Waals surface area contributed by atoms with Crippen molar-refractivity contribution in [2.75, 3.05) is 0 Å². The van der Waals surface area contributed by atoms with Crippen LogP contribution in [0.2, 0.25) is 0 Å². The molecule has 0 aliphatic rings. The minimum atomic E-state index is -1.98. The van der Waals surface area contributed by atoms with Gasteiger partial charge in [-0.1, -0.05) is 88.1 Å². The van der Waals surface area contributed by atoms with E-state index in [1.165, 1.54) is 6.07 Å². The van der Waals surface area contributed by atoms with Crippen LogP contribution in [0.25, 0.3) is 0 Å². The van der Waals surface area contributed by atoms with Crippen molar-refractivity contribution in [1.82, 2.24) is 20.6 Å². The first-order valence-electron chi connectivity index (χ1n) is 9.46. The van der Waals surface area contributed by atoms with E-state index >= 15 is 0 Å². The predicted octanol–water partition coefficient (Wildman–Crippen LogP) is 5.41. The van der Waals surface area contributed by atoms with Gasteiger partial charge in [0.05, 0.1) is 0 Å². The molecule has 1 aromatic rings. The first-order valence-corrected chi connectivity index (χ1v) is 12.3. The van der Waals surface area contributed by atoms with Gasteiger partial charge in [-0.3, -0.25) is 9.59 Å². The average Bonchev–Trinajstić information content (AvgIpc) is 2.57. The number of halogens is 5. The Bertz CT molecular complexity index is 823. The monoisotopic (exact) mass is 566 g/mol. The Labute approximate surface area is 218 Å². The van der Waals surface area contributed by atoms with Gasteiger partial charge in [-0.2, -0.15) is 4.98 Å². The first-order chi connectivity index (χ1) is 14.3. The fourth-order valence-corrected chi connectivity index (χ4v) is 3.43. The van der Waals surface area contributed by atoms with E-state index in [1.54, 1.807) is 48.5 Å². The summed E-state index contributed by atoms with van der Waals surface area (Å²) < 4.78 is 3.72. The van der Waals surface area contributed by atoms with Gasteiger partial charge in [0, 0.05) is 22.6 Å². The van der Waals surface area contributed by atoms with Crippen LogP contribution in [0.1, 0.15) is 47.2 Å². The summed E-state index contributed by atoms with van der Waals surface area (Å²) >= 11 is 31.2. The highest BCUT2D eigenvalue weighted by molar-refractivity contribution is 7.99. The van der Waals surface area contributed by atoms with Gasteiger partial charge < -0.3 is 15.4 Å². The maximum absolute atomic E-state index is 12.4. The lowest BCUT2D eigenvalue weighted by atomic mass is 9.96. The number of nitrogens with zero attached hydrogens (tertiary/aromatic N) is 2. The molecule has 0 saturated heterocycles. The molecule has 1 aromatic heterocycles. The molecule has 1 heterocycles. The zero-order valence-corrected chi connectivity index (χ0v) is 23.3. The number of amides is 2. The number of nitrogens with one attached hydrogen (secondary N) is 2. The molecular formula is C19H27Cl5N4O3S. The maximum atomic E-state index is 12.4. The van der Waals surface area contributed by atoms with E-state index in [0.29, 0.717) is 5.69 Å². The average molecular weight is 569 g/mol. The third-order valence-corrected chi connectivity index (χ3v) is 6.14. The van der Waals surface area contributed by atoms with E-state index in [1.807, 2.05) is 0 Å². The van der Waals surface area contributed by atoms with Crippen LogP contribution < -0.4 is 15.4 Å². The molecule has 0 aliphatic heterocycles. The second-order valence-electron chi connectivity index (χ2n) is 8.99. The Morgan fingerprint density at radius 3 is 1.91 bits per heavy atom. The highest BCUT2D eigenvalue weighted by atomic mass is 35.6. The van der Waals surface area contributed by atoms with E-state index in [9.17, 15) is 9.59 Å². The molecule has 2 N–H and O–H groups in total. The third kappa shape index (κ3) is 9.85. The van der Waals surface area contributed by atoms with Crippen molar-refractivity contribution in [3.8, 4) is 5.88 Å². The Morgan fingerprint density at radius 1 is 0.969 bits per heavy atom. The fourth-order valence-electron chi connectivity index (χ4n) is 1.86. The molecule has 13 heteroatoms. The Balaban J connectivity index is 3.13. The van der Waals surface area contributed by atoms with E-state index in [4.69, 9.17) is 62.7 Å². The Kier molecular flexibility index (Phi) is 10.5. The third-order valence-electron chi connectivity index (χ3n) is 3.71. The molecule has 0 bridgehead atoms. The fraction of sp³-hybridized carbons (Fsp3) is 0.684. The molecular weight excluding hydrogens is 542 g/mol. The van der Waals surface area contributed by atoms with Gasteiger partial charge in [0.2, 0.25) is 27.7 Å². The van der Waals surface area contributed by atoms with Crippen molar-refractivity contribution >= 4 is 81.6 Å². The maximum Gasteiger partial charge on any atom is 0.246 e. The van der Waals surface area contributed by atoms with Gasteiger partial charge in [-0.25, -0.2) is 4.98 Å². The van der Waals surface area contributed by atoms with Crippen molar-refractivity contribution in [2.24, 2.45) is 10.8 Å². The van der Waals surface area contributed by atoms with E-state index < -0.39 is 31.1 Å². The summed E-state index contributed by atoms with van der Waals surface area (Å²) in [5.74, 6) is -0.579. The van der Waals surface area contributed by atoms with Crippen LogP contribution in [0.15, 0.2) is 11.2 Å². The van der Waals surface area contributed by atoms with E-state index in [-0.39, 0.29) is 22.9 Å². The van der Waals surface area contributed by atoms with Crippen LogP contribution in [-0.4, -0.2) is 42.0 Å². The van der Waals surface area contributed by atoms with Gasteiger partial charge in [-0.05, 0) is 6.92 Å². The molecule has 0 radical (unpaired) electrons. The van der Waals surface area contributed by atoms with Gasteiger partial charge in [0.15, 0.2) is 5.16 Å². The van der Waals surface area contributed by atoms with Crippen LogP contribution in [0, 0.1) is 17.8 Å². The lowest BCUT2D eigenvalue weighted by Gasteiger charge is -2.29. The molecule has 0 spiro atoms. The molecule has 2 amide bonds. The van der Waals surface area contributed by atoms with E-state index in [2.05, 4.69) is 20.6 Å². The van der Waals surface area contributed by atoms with Gasteiger partial charge >= 0.3 is 0 Å². The zero-order chi connectivity index (χ0) is 25.1. The van der Waals surface area contributed by atoms with Crippen LogP contribution in [0.4, 0.5) is 0 Å². The summed E-state index contributed by atoms with van der Waals surface area (Å²) in [7, 11) is 0. The summed E-state index contributed by atoms with van der Waals surface area (Å²) in [6, 6.07) is 1.51.